The highest BCUT2D eigenvalue weighted by molar-refractivity contribution is 5.92. The molecular weight excluding hydrogens is 256 g/mol. The normalized spacial score (nSPS) is 11.9. The average molecular weight is 272 g/mol. The number of rotatable bonds is 3. The zero-order chi connectivity index (χ0) is 14.7. The summed E-state index contributed by atoms with van der Waals surface area (Å²) in [5.41, 5.74) is 1.42. The summed E-state index contributed by atoms with van der Waals surface area (Å²) in [4.78, 5) is 34.2. The van der Waals surface area contributed by atoms with Crippen LogP contribution in [0.1, 0.15) is 40.5 Å². The molecule has 0 fully saturated rings. The summed E-state index contributed by atoms with van der Waals surface area (Å²) in [6, 6.07) is 4.55. The second-order valence-corrected chi connectivity index (χ2v) is 4.66. The lowest BCUT2D eigenvalue weighted by Crippen LogP contribution is -2.29. The summed E-state index contributed by atoms with van der Waals surface area (Å²) in [5.74, 6) is 0.308. The molecule has 0 spiro atoms. The number of H-pyrrole nitrogens is 1. The van der Waals surface area contributed by atoms with Gasteiger partial charge in [0.1, 0.15) is 11.5 Å². The fourth-order valence-corrected chi connectivity index (χ4v) is 1.87. The minimum absolute atomic E-state index is 0.243. The highest BCUT2D eigenvalue weighted by Gasteiger charge is 2.13. The Morgan fingerprint density at radius 1 is 1.35 bits per heavy atom. The van der Waals surface area contributed by atoms with Crippen LogP contribution in [0.4, 0.5) is 0 Å². The molecule has 1 atom stereocenters. The van der Waals surface area contributed by atoms with Gasteiger partial charge in [-0.15, -0.1) is 0 Å². The molecule has 20 heavy (non-hydrogen) atoms. The summed E-state index contributed by atoms with van der Waals surface area (Å²) in [7, 11) is 0. The molecule has 2 rings (SSSR count). The number of amides is 1. The predicted molar refractivity (Wildman–Crippen MR) is 74.4 cm³/mol. The lowest BCUT2D eigenvalue weighted by molar-refractivity contribution is 0.0933. The Labute approximate surface area is 116 Å². The second kappa shape index (κ2) is 5.64. The van der Waals surface area contributed by atoms with Crippen LogP contribution in [0.25, 0.3) is 0 Å². The number of hydrogen-bond acceptors (Lipinski definition) is 4. The average Bonchev–Trinajstić information content (AvgIpc) is 2.37. The maximum Gasteiger partial charge on any atom is 0.268 e. The van der Waals surface area contributed by atoms with Crippen molar-refractivity contribution >= 4 is 5.91 Å². The van der Waals surface area contributed by atoms with Crippen LogP contribution in [0, 0.1) is 13.8 Å². The van der Waals surface area contributed by atoms with E-state index in [1.807, 2.05) is 6.92 Å². The van der Waals surface area contributed by atoms with E-state index in [9.17, 15) is 9.59 Å². The largest absolute Gasteiger partial charge is 0.343 e. The third kappa shape index (κ3) is 3.28. The molecule has 2 aromatic heterocycles. The lowest BCUT2D eigenvalue weighted by atomic mass is 10.2. The van der Waals surface area contributed by atoms with Crippen molar-refractivity contribution in [2.75, 3.05) is 0 Å². The number of aromatic nitrogens is 3. The molecule has 0 bridgehead atoms. The molecule has 0 aromatic carbocycles. The van der Waals surface area contributed by atoms with Crippen molar-refractivity contribution in [1.29, 1.82) is 0 Å². The van der Waals surface area contributed by atoms with E-state index >= 15 is 0 Å². The number of aromatic amines is 1. The van der Waals surface area contributed by atoms with E-state index in [4.69, 9.17) is 0 Å². The number of aryl methyl sites for hydroxylation is 2. The molecule has 0 saturated heterocycles. The molecule has 0 aliphatic heterocycles. The molecular formula is C14H16N4O2. The molecule has 2 N–H and O–H groups in total. The highest BCUT2D eigenvalue weighted by atomic mass is 16.2. The Morgan fingerprint density at radius 3 is 2.75 bits per heavy atom. The van der Waals surface area contributed by atoms with Crippen LogP contribution in [0.5, 0.6) is 0 Å². The number of nitrogens with zero attached hydrogens (tertiary/aromatic N) is 2. The Morgan fingerprint density at radius 2 is 2.10 bits per heavy atom. The fourth-order valence-electron chi connectivity index (χ4n) is 1.87. The van der Waals surface area contributed by atoms with Gasteiger partial charge in [-0.05, 0) is 38.5 Å². The smallest absolute Gasteiger partial charge is 0.268 e. The van der Waals surface area contributed by atoms with Crippen molar-refractivity contribution in [3.05, 3.63) is 57.5 Å². The number of nitrogens with one attached hydrogen (secondary N) is 2. The molecule has 0 aliphatic carbocycles. The van der Waals surface area contributed by atoms with Gasteiger partial charge in [0.25, 0.3) is 5.91 Å². The SMILES string of the molecule is Cc1cc(C(=O)NC(C)c2ccnc(C)n2)[nH]c(=O)c1. The van der Waals surface area contributed by atoms with Crippen molar-refractivity contribution in [2.45, 2.75) is 26.8 Å². The fraction of sp³-hybridized carbons (Fsp3) is 0.286. The van der Waals surface area contributed by atoms with E-state index < -0.39 is 0 Å². The topological polar surface area (TPSA) is 87.7 Å². The van der Waals surface area contributed by atoms with Gasteiger partial charge in [0.05, 0.1) is 11.7 Å². The number of hydrogen-bond donors (Lipinski definition) is 2. The number of carbonyl (C=O) groups excluding carboxylic acids is 1. The predicted octanol–water partition coefficient (Wildman–Crippen LogP) is 1.27. The first-order valence-corrected chi connectivity index (χ1v) is 6.27. The van der Waals surface area contributed by atoms with Gasteiger partial charge in [-0.2, -0.15) is 0 Å². The molecule has 2 aromatic rings. The molecule has 0 aliphatic rings. The van der Waals surface area contributed by atoms with E-state index in [1.165, 1.54) is 6.07 Å². The molecule has 0 radical (unpaired) electrons. The van der Waals surface area contributed by atoms with Crippen LogP contribution in [0.15, 0.2) is 29.2 Å². The number of carbonyl (C=O) groups is 1. The van der Waals surface area contributed by atoms with Crippen molar-refractivity contribution in [2.24, 2.45) is 0 Å². The molecule has 1 unspecified atom stereocenters. The third-order valence-electron chi connectivity index (χ3n) is 2.82. The standard InChI is InChI=1S/C14H16N4O2/c1-8-6-12(18-13(19)7-8)14(20)16-9(2)11-4-5-15-10(3)17-11/h4-7,9H,1-3H3,(H,16,20)(H,18,19). The Kier molecular flexibility index (Phi) is 3.93. The highest BCUT2D eigenvalue weighted by Crippen LogP contribution is 2.09. The first-order chi connectivity index (χ1) is 9.45. The minimum Gasteiger partial charge on any atom is -0.343 e. The van der Waals surface area contributed by atoms with Crippen molar-refractivity contribution < 1.29 is 4.79 Å². The number of pyridine rings is 1. The second-order valence-electron chi connectivity index (χ2n) is 4.66. The van der Waals surface area contributed by atoms with Gasteiger partial charge in [-0.3, -0.25) is 9.59 Å². The van der Waals surface area contributed by atoms with Gasteiger partial charge in [-0.1, -0.05) is 0 Å². The monoisotopic (exact) mass is 272 g/mol. The first-order valence-electron chi connectivity index (χ1n) is 6.27. The van der Waals surface area contributed by atoms with E-state index in [0.717, 1.165) is 11.3 Å². The van der Waals surface area contributed by atoms with E-state index in [-0.39, 0.29) is 23.2 Å². The van der Waals surface area contributed by atoms with E-state index in [1.54, 1.807) is 32.2 Å². The van der Waals surface area contributed by atoms with Gasteiger partial charge >= 0.3 is 0 Å². The van der Waals surface area contributed by atoms with Gasteiger partial charge in [0.2, 0.25) is 5.56 Å². The molecule has 0 saturated carbocycles. The summed E-state index contributed by atoms with van der Waals surface area (Å²) in [5, 5.41) is 2.79. The summed E-state index contributed by atoms with van der Waals surface area (Å²) in [6.07, 6.45) is 1.65. The molecule has 1 amide bonds. The zero-order valence-electron chi connectivity index (χ0n) is 11.6. The van der Waals surface area contributed by atoms with Crippen molar-refractivity contribution in [1.82, 2.24) is 20.3 Å². The minimum atomic E-state index is -0.338. The zero-order valence-corrected chi connectivity index (χ0v) is 11.6. The molecule has 2 heterocycles. The van der Waals surface area contributed by atoms with Crippen LogP contribution < -0.4 is 10.9 Å². The lowest BCUT2D eigenvalue weighted by Gasteiger charge is -2.13. The van der Waals surface area contributed by atoms with Crippen LogP contribution >= 0.6 is 0 Å². The van der Waals surface area contributed by atoms with Crippen LogP contribution in [-0.2, 0) is 0 Å². The third-order valence-corrected chi connectivity index (χ3v) is 2.82. The Balaban J connectivity index is 2.17. The maximum atomic E-state index is 12.1. The van der Waals surface area contributed by atoms with Crippen molar-refractivity contribution in [3.63, 3.8) is 0 Å². The van der Waals surface area contributed by atoms with E-state index in [2.05, 4.69) is 20.3 Å². The first kappa shape index (κ1) is 13.9. The van der Waals surface area contributed by atoms with Gasteiger partial charge < -0.3 is 10.3 Å². The molecule has 104 valence electrons. The van der Waals surface area contributed by atoms with Gasteiger partial charge in [0.15, 0.2) is 0 Å². The maximum absolute atomic E-state index is 12.1. The van der Waals surface area contributed by atoms with Crippen LogP contribution in [0.2, 0.25) is 0 Å². The summed E-state index contributed by atoms with van der Waals surface area (Å²) in [6.45, 7) is 5.38. The summed E-state index contributed by atoms with van der Waals surface area (Å²) < 4.78 is 0. The quantitative estimate of drug-likeness (QED) is 0.880. The summed E-state index contributed by atoms with van der Waals surface area (Å²) >= 11 is 0. The Bertz CT molecular complexity index is 694. The van der Waals surface area contributed by atoms with Crippen molar-refractivity contribution in [3.8, 4) is 0 Å². The van der Waals surface area contributed by atoms with Crippen LogP contribution in [-0.4, -0.2) is 20.9 Å². The Hall–Kier alpha value is -2.50. The molecule has 6 nitrogen and oxygen atoms in total. The molecule has 6 heteroatoms. The van der Waals surface area contributed by atoms with E-state index in [0.29, 0.717) is 5.82 Å². The van der Waals surface area contributed by atoms with Gasteiger partial charge in [0, 0.05) is 12.3 Å². The van der Waals surface area contributed by atoms with Gasteiger partial charge in [-0.25, -0.2) is 9.97 Å². The van der Waals surface area contributed by atoms with Crippen LogP contribution in [0.3, 0.4) is 0 Å².